The van der Waals surface area contributed by atoms with Crippen LogP contribution in [-0.2, 0) is 13.0 Å². The molecule has 108 valence electrons. The minimum absolute atomic E-state index is 0.484. The molecule has 0 saturated heterocycles. The lowest BCUT2D eigenvalue weighted by Crippen LogP contribution is -2.17. The standard InChI is InChI=1S/C17H17NO3/c1-20-16-10-15-11-18(19)8-7-14(15)9-17(16)21-12-13-5-3-2-4-6-13/h2-6,9-11H,7-8,12H2,1H3. The Bertz CT molecular complexity index is 665. The first-order valence-electron chi connectivity index (χ1n) is 6.92. The molecule has 2 aromatic carbocycles. The molecule has 2 aromatic rings. The van der Waals surface area contributed by atoms with E-state index in [-0.39, 0.29) is 0 Å². The van der Waals surface area contributed by atoms with Crippen molar-refractivity contribution in [3.8, 4) is 11.5 Å². The third-order valence-corrected chi connectivity index (χ3v) is 3.55. The molecule has 1 heterocycles. The quantitative estimate of drug-likeness (QED) is 0.640. The summed E-state index contributed by atoms with van der Waals surface area (Å²) in [4.78, 5) is 0. The van der Waals surface area contributed by atoms with Crippen LogP contribution < -0.4 is 9.47 Å². The van der Waals surface area contributed by atoms with Gasteiger partial charge in [-0.05, 0) is 23.3 Å². The highest BCUT2D eigenvalue weighted by atomic mass is 16.5. The molecular weight excluding hydrogens is 266 g/mol. The fourth-order valence-corrected chi connectivity index (χ4v) is 2.41. The molecule has 1 aliphatic heterocycles. The zero-order valence-corrected chi connectivity index (χ0v) is 11.9. The first-order chi connectivity index (χ1) is 10.3. The van der Waals surface area contributed by atoms with Crippen LogP contribution in [0.1, 0.15) is 16.7 Å². The van der Waals surface area contributed by atoms with E-state index in [1.165, 1.54) is 0 Å². The van der Waals surface area contributed by atoms with Crippen molar-refractivity contribution >= 4 is 6.21 Å². The molecule has 0 radical (unpaired) electrons. The molecule has 3 rings (SSSR count). The van der Waals surface area contributed by atoms with E-state index in [1.54, 1.807) is 13.3 Å². The van der Waals surface area contributed by atoms with E-state index in [2.05, 4.69) is 0 Å². The second-order valence-electron chi connectivity index (χ2n) is 5.00. The summed E-state index contributed by atoms with van der Waals surface area (Å²) in [5, 5.41) is 11.4. The number of hydrogen-bond donors (Lipinski definition) is 0. The Labute approximate surface area is 123 Å². The maximum absolute atomic E-state index is 11.4. The Balaban J connectivity index is 1.85. The number of benzene rings is 2. The summed E-state index contributed by atoms with van der Waals surface area (Å²) >= 11 is 0. The van der Waals surface area contributed by atoms with Crippen LogP contribution in [0.15, 0.2) is 42.5 Å². The molecule has 0 N–H and O–H groups in total. The van der Waals surface area contributed by atoms with Crippen molar-refractivity contribution in [2.24, 2.45) is 0 Å². The van der Waals surface area contributed by atoms with E-state index in [0.717, 1.165) is 27.9 Å². The van der Waals surface area contributed by atoms with E-state index in [1.807, 2.05) is 42.5 Å². The van der Waals surface area contributed by atoms with Crippen LogP contribution in [0.25, 0.3) is 0 Å². The number of ether oxygens (including phenoxy) is 2. The van der Waals surface area contributed by atoms with Gasteiger partial charge in [0.05, 0.1) is 7.11 Å². The molecule has 0 saturated carbocycles. The summed E-state index contributed by atoms with van der Waals surface area (Å²) in [7, 11) is 1.61. The molecule has 1 aliphatic rings. The fraction of sp³-hybridized carbons (Fsp3) is 0.235. The van der Waals surface area contributed by atoms with Gasteiger partial charge in [0, 0.05) is 12.0 Å². The zero-order chi connectivity index (χ0) is 14.7. The fourth-order valence-electron chi connectivity index (χ4n) is 2.41. The van der Waals surface area contributed by atoms with Crippen LogP contribution in [0.2, 0.25) is 0 Å². The molecule has 0 fully saturated rings. The van der Waals surface area contributed by atoms with E-state index in [9.17, 15) is 5.21 Å². The average Bonchev–Trinajstić information content (AvgIpc) is 2.53. The van der Waals surface area contributed by atoms with Crippen molar-refractivity contribution in [2.45, 2.75) is 13.0 Å². The summed E-state index contributed by atoms with van der Waals surface area (Å²) in [6.45, 7) is 0.977. The number of rotatable bonds is 4. The molecule has 0 bridgehead atoms. The highest BCUT2D eigenvalue weighted by Crippen LogP contribution is 2.32. The molecule has 4 heteroatoms. The van der Waals surface area contributed by atoms with Crippen molar-refractivity contribution in [3.63, 3.8) is 0 Å². The highest BCUT2D eigenvalue weighted by Gasteiger charge is 2.17. The Kier molecular flexibility index (Phi) is 3.77. The minimum Gasteiger partial charge on any atom is -0.624 e. The third kappa shape index (κ3) is 2.99. The number of hydroxylamine groups is 1. The van der Waals surface area contributed by atoms with Gasteiger partial charge in [-0.15, -0.1) is 0 Å². The first-order valence-corrected chi connectivity index (χ1v) is 6.92. The van der Waals surface area contributed by atoms with Gasteiger partial charge >= 0.3 is 0 Å². The van der Waals surface area contributed by atoms with E-state index < -0.39 is 0 Å². The van der Waals surface area contributed by atoms with Gasteiger partial charge in [0.25, 0.3) is 0 Å². The summed E-state index contributed by atoms with van der Waals surface area (Å²) < 4.78 is 12.2. The Hall–Kier alpha value is -2.49. The largest absolute Gasteiger partial charge is 0.624 e. The SMILES string of the molecule is COc1cc2c(cc1OCc1ccccc1)CC[N+]([O-])=C2. The zero-order valence-electron chi connectivity index (χ0n) is 11.9. The van der Waals surface area contributed by atoms with Gasteiger partial charge in [0.1, 0.15) is 6.61 Å². The summed E-state index contributed by atoms with van der Waals surface area (Å²) in [5.41, 5.74) is 3.13. The summed E-state index contributed by atoms with van der Waals surface area (Å²) in [6.07, 6.45) is 2.32. The number of nitrogens with zero attached hydrogens (tertiary/aromatic N) is 1. The van der Waals surface area contributed by atoms with Crippen molar-refractivity contribution in [1.29, 1.82) is 0 Å². The smallest absolute Gasteiger partial charge is 0.182 e. The lowest BCUT2D eigenvalue weighted by Gasteiger charge is -2.17. The molecular formula is C17H17NO3. The lowest BCUT2D eigenvalue weighted by molar-refractivity contribution is -0.453. The number of methoxy groups -OCH3 is 1. The van der Waals surface area contributed by atoms with Gasteiger partial charge in [-0.3, -0.25) is 0 Å². The molecule has 0 unspecified atom stereocenters. The van der Waals surface area contributed by atoms with Crippen LogP contribution in [0.5, 0.6) is 11.5 Å². The molecule has 0 amide bonds. The minimum atomic E-state index is 0.484. The predicted octanol–water partition coefficient (Wildman–Crippen LogP) is 2.76. The van der Waals surface area contributed by atoms with Crippen molar-refractivity contribution < 1.29 is 14.2 Å². The molecule has 0 aromatic heterocycles. The molecule has 0 spiro atoms. The molecule has 0 aliphatic carbocycles. The highest BCUT2D eigenvalue weighted by molar-refractivity contribution is 5.80. The van der Waals surface area contributed by atoms with E-state index in [4.69, 9.17) is 9.47 Å². The number of hydrogen-bond acceptors (Lipinski definition) is 3. The summed E-state index contributed by atoms with van der Waals surface area (Å²) in [6, 6.07) is 13.8. The normalized spacial score (nSPS) is 13.3. The third-order valence-electron chi connectivity index (χ3n) is 3.55. The maximum Gasteiger partial charge on any atom is 0.182 e. The second kappa shape index (κ2) is 5.87. The van der Waals surface area contributed by atoms with Crippen LogP contribution in [0, 0.1) is 5.21 Å². The lowest BCUT2D eigenvalue weighted by atomic mass is 10.0. The van der Waals surface area contributed by atoms with Gasteiger partial charge in [-0.1, -0.05) is 30.3 Å². The summed E-state index contributed by atoms with van der Waals surface area (Å²) in [5.74, 6) is 1.36. The monoisotopic (exact) mass is 283 g/mol. The van der Waals surface area contributed by atoms with Gasteiger partial charge in [0.2, 0.25) is 0 Å². The van der Waals surface area contributed by atoms with Gasteiger partial charge < -0.3 is 14.7 Å². The Morgan fingerprint density at radius 3 is 2.71 bits per heavy atom. The molecule has 4 nitrogen and oxygen atoms in total. The van der Waals surface area contributed by atoms with E-state index in [0.29, 0.717) is 24.7 Å². The van der Waals surface area contributed by atoms with Crippen LogP contribution >= 0.6 is 0 Å². The first kappa shape index (κ1) is 13.5. The predicted molar refractivity (Wildman–Crippen MR) is 81.1 cm³/mol. The van der Waals surface area contributed by atoms with Gasteiger partial charge in [-0.25, -0.2) is 4.74 Å². The van der Waals surface area contributed by atoms with Crippen LogP contribution in [-0.4, -0.2) is 24.6 Å². The van der Waals surface area contributed by atoms with E-state index >= 15 is 0 Å². The van der Waals surface area contributed by atoms with Gasteiger partial charge in [0.15, 0.2) is 24.3 Å². The van der Waals surface area contributed by atoms with Crippen molar-refractivity contribution in [3.05, 3.63) is 64.4 Å². The van der Waals surface area contributed by atoms with Crippen LogP contribution in [0.3, 0.4) is 0 Å². The maximum atomic E-state index is 11.4. The second-order valence-corrected chi connectivity index (χ2v) is 5.00. The number of fused-ring (bicyclic) bond motifs is 1. The Morgan fingerprint density at radius 2 is 1.95 bits per heavy atom. The average molecular weight is 283 g/mol. The van der Waals surface area contributed by atoms with Crippen LogP contribution in [0.4, 0.5) is 0 Å². The Morgan fingerprint density at radius 1 is 1.14 bits per heavy atom. The van der Waals surface area contributed by atoms with Crippen molar-refractivity contribution in [1.82, 2.24) is 0 Å². The molecule has 0 atom stereocenters. The van der Waals surface area contributed by atoms with Gasteiger partial charge in [-0.2, -0.15) is 0 Å². The topological polar surface area (TPSA) is 44.5 Å². The van der Waals surface area contributed by atoms with Crippen molar-refractivity contribution in [2.75, 3.05) is 13.7 Å². The molecule has 21 heavy (non-hydrogen) atoms.